The molecule has 0 radical (unpaired) electrons. The van der Waals surface area contributed by atoms with E-state index in [1.165, 1.54) is 0 Å². The predicted molar refractivity (Wildman–Crippen MR) is 60.6 cm³/mol. The van der Waals surface area contributed by atoms with Crippen LogP contribution in [0.25, 0.3) is 0 Å². The van der Waals surface area contributed by atoms with Crippen molar-refractivity contribution in [3.05, 3.63) is 20.3 Å². The van der Waals surface area contributed by atoms with E-state index in [0.29, 0.717) is 6.42 Å². The Morgan fingerprint density at radius 1 is 1.79 bits per heavy atom. The third kappa shape index (κ3) is 3.08. The number of carboxylic acid groups (broad SMARTS) is 1. The van der Waals surface area contributed by atoms with Gasteiger partial charge in [-0.15, -0.1) is 11.3 Å². The van der Waals surface area contributed by atoms with Gasteiger partial charge >= 0.3 is 5.97 Å². The summed E-state index contributed by atoms with van der Waals surface area (Å²) < 4.78 is 1.07. The van der Waals surface area contributed by atoms with Gasteiger partial charge in [-0.2, -0.15) is 0 Å². The van der Waals surface area contributed by atoms with Crippen LogP contribution in [0, 0.1) is 6.92 Å². The van der Waals surface area contributed by atoms with Crippen molar-refractivity contribution >= 4 is 33.2 Å². The number of carboxylic acids is 1. The summed E-state index contributed by atoms with van der Waals surface area (Å²) >= 11 is 4.98. The zero-order chi connectivity index (χ0) is 10.7. The first-order valence-corrected chi connectivity index (χ1v) is 5.85. The Kier molecular flexibility index (Phi) is 4.10. The summed E-state index contributed by atoms with van der Waals surface area (Å²) in [6, 6.07) is 1.84. The second-order valence-electron chi connectivity index (χ2n) is 3.14. The number of carbonyl (C=O) groups is 1. The number of thiophene rings is 1. The van der Waals surface area contributed by atoms with Crippen LogP contribution in [0.4, 0.5) is 0 Å². The first kappa shape index (κ1) is 11.7. The molecular formula is C9H12BrNO2S. The number of aliphatic carboxylic acids is 1. The molecule has 1 aromatic heterocycles. The number of nitrogens with two attached hydrogens (primary N) is 1. The fourth-order valence-corrected chi connectivity index (χ4v) is 2.69. The smallest absolute Gasteiger partial charge is 0.303 e. The van der Waals surface area contributed by atoms with Crippen molar-refractivity contribution in [2.45, 2.75) is 25.8 Å². The number of halogens is 1. The van der Waals surface area contributed by atoms with Crippen LogP contribution >= 0.6 is 27.3 Å². The lowest BCUT2D eigenvalue weighted by atomic mass is 10.1. The quantitative estimate of drug-likeness (QED) is 0.890. The van der Waals surface area contributed by atoms with Crippen molar-refractivity contribution in [2.75, 3.05) is 0 Å². The summed E-state index contributed by atoms with van der Waals surface area (Å²) in [4.78, 5) is 11.4. The lowest BCUT2D eigenvalue weighted by molar-refractivity contribution is -0.137. The lowest BCUT2D eigenvalue weighted by Crippen LogP contribution is -2.10. The van der Waals surface area contributed by atoms with E-state index in [2.05, 4.69) is 15.9 Å². The molecule has 1 aromatic rings. The van der Waals surface area contributed by atoms with Crippen molar-refractivity contribution in [1.82, 2.24) is 0 Å². The van der Waals surface area contributed by atoms with Crippen molar-refractivity contribution in [3.8, 4) is 0 Å². The third-order valence-electron chi connectivity index (χ3n) is 1.91. The van der Waals surface area contributed by atoms with Gasteiger partial charge in [0.2, 0.25) is 0 Å². The highest BCUT2D eigenvalue weighted by molar-refractivity contribution is 9.11. The Hall–Kier alpha value is -0.390. The second kappa shape index (κ2) is 4.91. The normalized spacial score (nSPS) is 12.8. The Balaban J connectivity index is 2.60. The summed E-state index contributed by atoms with van der Waals surface area (Å²) in [7, 11) is 0. The molecule has 78 valence electrons. The number of aryl methyl sites for hydroxylation is 1. The molecule has 14 heavy (non-hydrogen) atoms. The number of hydrogen-bond acceptors (Lipinski definition) is 3. The number of rotatable bonds is 4. The minimum atomic E-state index is -0.798. The molecule has 0 aromatic carbocycles. The monoisotopic (exact) mass is 277 g/mol. The van der Waals surface area contributed by atoms with E-state index in [4.69, 9.17) is 10.8 Å². The second-order valence-corrected chi connectivity index (χ2v) is 5.55. The molecule has 0 saturated heterocycles. The molecule has 0 aliphatic rings. The van der Waals surface area contributed by atoms with E-state index < -0.39 is 5.97 Å². The molecule has 0 amide bonds. The zero-order valence-corrected chi connectivity index (χ0v) is 10.2. The highest BCUT2D eigenvalue weighted by Crippen LogP contribution is 2.31. The van der Waals surface area contributed by atoms with Gasteiger partial charge in [-0.1, -0.05) is 0 Å². The summed E-state index contributed by atoms with van der Waals surface area (Å²) in [6.07, 6.45) is 0.609. The summed E-state index contributed by atoms with van der Waals surface area (Å²) in [5.41, 5.74) is 7.00. The molecule has 3 N–H and O–H groups in total. The molecule has 0 bridgehead atoms. The highest BCUT2D eigenvalue weighted by Gasteiger charge is 2.12. The Bertz CT molecular complexity index is 318. The van der Waals surface area contributed by atoms with E-state index in [9.17, 15) is 4.79 Å². The molecule has 1 unspecified atom stereocenters. The minimum absolute atomic E-state index is 0.121. The maximum absolute atomic E-state index is 10.3. The summed E-state index contributed by atoms with van der Waals surface area (Å²) in [6.45, 7) is 1.99. The molecular weight excluding hydrogens is 266 g/mol. The molecule has 3 nitrogen and oxygen atoms in total. The van der Waals surface area contributed by atoms with E-state index >= 15 is 0 Å². The Labute approximate surface area is 95.1 Å². The maximum atomic E-state index is 10.3. The van der Waals surface area contributed by atoms with Crippen molar-refractivity contribution in [3.63, 3.8) is 0 Å². The van der Waals surface area contributed by atoms with E-state index in [1.807, 2.05) is 13.0 Å². The fraction of sp³-hybridized carbons (Fsp3) is 0.444. The fourth-order valence-electron chi connectivity index (χ4n) is 1.09. The number of hydrogen-bond donors (Lipinski definition) is 2. The first-order valence-electron chi connectivity index (χ1n) is 4.24. The standard InChI is InChI=1S/C9H12BrNO2S/c1-5-4-7(14-9(5)10)6(11)2-3-8(12)13/h4,6H,2-3,11H2,1H3,(H,12,13). The van der Waals surface area contributed by atoms with E-state index in [-0.39, 0.29) is 12.5 Å². The van der Waals surface area contributed by atoms with Gasteiger partial charge in [0.25, 0.3) is 0 Å². The van der Waals surface area contributed by atoms with Gasteiger partial charge in [-0.25, -0.2) is 0 Å². The van der Waals surface area contributed by atoms with Gasteiger partial charge in [0.05, 0.1) is 3.79 Å². The SMILES string of the molecule is Cc1cc(C(N)CCC(=O)O)sc1Br. The van der Waals surface area contributed by atoms with Crippen molar-refractivity contribution in [1.29, 1.82) is 0 Å². The van der Waals surface area contributed by atoms with Gasteiger partial charge in [0, 0.05) is 17.3 Å². The van der Waals surface area contributed by atoms with Gasteiger partial charge < -0.3 is 10.8 Å². The van der Waals surface area contributed by atoms with Crippen molar-refractivity contribution < 1.29 is 9.90 Å². The third-order valence-corrected chi connectivity index (χ3v) is 4.18. The van der Waals surface area contributed by atoms with Gasteiger partial charge in [-0.3, -0.25) is 4.79 Å². The topological polar surface area (TPSA) is 63.3 Å². The molecule has 0 spiro atoms. The summed E-state index contributed by atoms with van der Waals surface area (Å²) in [5.74, 6) is -0.798. The Morgan fingerprint density at radius 3 is 2.86 bits per heavy atom. The average Bonchev–Trinajstić information content (AvgIpc) is 2.43. The molecule has 5 heteroatoms. The van der Waals surface area contributed by atoms with Gasteiger partial charge in [-0.05, 0) is 40.9 Å². The molecule has 0 fully saturated rings. The van der Waals surface area contributed by atoms with E-state index in [1.54, 1.807) is 11.3 Å². The van der Waals surface area contributed by atoms with Crippen LogP contribution < -0.4 is 5.73 Å². The maximum Gasteiger partial charge on any atom is 0.303 e. The molecule has 0 aliphatic heterocycles. The Morgan fingerprint density at radius 2 is 2.43 bits per heavy atom. The molecule has 0 saturated carbocycles. The minimum Gasteiger partial charge on any atom is -0.481 e. The first-order chi connectivity index (χ1) is 6.50. The molecule has 1 atom stereocenters. The molecule has 0 aliphatic carbocycles. The van der Waals surface area contributed by atoms with Gasteiger partial charge in [0.15, 0.2) is 0 Å². The van der Waals surface area contributed by atoms with Crippen LogP contribution in [-0.4, -0.2) is 11.1 Å². The average molecular weight is 278 g/mol. The highest BCUT2D eigenvalue weighted by atomic mass is 79.9. The van der Waals surface area contributed by atoms with Crippen LogP contribution in [0.3, 0.4) is 0 Å². The van der Waals surface area contributed by atoms with E-state index in [0.717, 1.165) is 14.2 Å². The van der Waals surface area contributed by atoms with Crippen LogP contribution in [0.5, 0.6) is 0 Å². The zero-order valence-electron chi connectivity index (χ0n) is 7.79. The lowest BCUT2D eigenvalue weighted by Gasteiger charge is -2.06. The van der Waals surface area contributed by atoms with Crippen molar-refractivity contribution in [2.24, 2.45) is 5.73 Å². The van der Waals surface area contributed by atoms with Crippen LogP contribution in [-0.2, 0) is 4.79 Å². The largest absolute Gasteiger partial charge is 0.481 e. The summed E-state index contributed by atoms with van der Waals surface area (Å²) in [5, 5.41) is 8.51. The van der Waals surface area contributed by atoms with Crippen LogP contribution in [0.15, 0.2) is 9.85 Å². The molecule has 1 rings (SSSR count). The molecule has 1 heterocycles. The van der Waals surface area contributed by atoms with Crippen LogP contribution in [0.1, 0.15) is 29.3 Å². The van der Waals surface area contributed by atoms with Gasteiger partial charge in [0.1, 0.15) is 0 Å². The predicted octanol–water partition coefficient (Wildman–Crippen LogP) is 2.68. The van der Waals surface area contributed by atoms with Crippen LogP contribution in [0.2, 0.25) is 0 Å².